The second-order valence-corrected chi connectivity index (χ2v) is 7.59. The van der Waals surface area contributed by atoms with Crippen molar-refractivity contribution < 1.29 is 4.79 Å². The number of hydrogen-bond donors (Lipinski definition) is 1. The van der Waals surface area contributed by atoms with Gasteiger partial charge in [0.05, 0.1) is 10.6 Å². The lowest BCUT2D eigenvalue weighted by atomic mass is 10.0. The molecule has 3 rings (SSSR count). The molecule has 25 heavy (non-hydrogen) atoms. The Balaban J connectivity index is 1.86. The third-order valence-corrected chi connectivity index (χ3v) is 5.12. The van der Waals surface area contributed by atoms with Gasteiger partial charge in [-0.3, -0.25) is 10.1 Å². The minimum Gasteiger partial charge on any atom is -0.296 e. The van der Waals surface area contributed by atoms with Gasteiger partial charge in [0, 0.05) is 10.6 Å². The normalized spacial score (nSPS) is 10.8. The van der Waals surface area contributed by atoms with Crippen LogP contribution in [0.15, 0.2) is 30.3 Å². The summed E-state index contributed by atoms with van der Waals surface area (Å²) in [5.41, 5.74) is 4.85. The van der Waals surface area contributed by atoms with Crippen LogP contribution in [0.3, 0.4) is 0 Å². The zero-order valence-corrected chi connectivity index (χ0v) is 16.2. The summed E-state index contributed by atoms with van der Waals surface area (Å²) in [6.45, 7) is 6.15. The first-order chi connectivity index (χ1) is 11.8. The molecule has 128 valence electrons. The Hall–Kier alpha value is -1.95. The number of halogens is 2. The number of aryl methyl sites for hydroxylation is 3. The Kier molecular flexibility index (Phi) is 5.08. The molecule has 0 aliphatic rings. The number of benzene rings is 2. The number of anilines is 1. The molecule has 1 N–H and O–H groups in total. The van der Waals surface area contributed by atoms with E-state index >= 15 is 0 Å². The first-order valence-corrected chi connectivity index (χ1v) is 9.10. The maximum Gasteiger partial charge on any atom is 0.259 e. The topological polar surface area (TPSA) is 54.9 Å². The molecule has 0 aliphatic heterocycles. The van der Waals surface area contributed by atoms with E-state index in [0.717, 1.165) is 21.7 Å². The van der Waals surface area contributed by atoms with Crippen LogP contribution in [-0.4, -0.2) is 16.1 Å². The van der Waals surface area contributed by atoms with Crippen LogP contribution in [-0.2, 0) is 0 Å². The van der Waals surface area contributed by atoms with Gasteiger partial charge in [0.15, 0.2) is 0 Å². The van der Waals surface area contributed by atoms with Gasteiger partial charge in [0.25, 0.3) is 5.91 Å². The van der Waals surface area contributed by atoms with Gasteiger partial charge in [-0.05, 0) is 50.1 Å². The largest absolute Gasteiger partial charge is 0.296 e. The Morgan fingerprint density at radius 2 is 1.72 bits per heavy atom. The van der Waals surface area contributed by atoms with E-state index in [1.165, 1.54) is 23.0 Å². The molecule has 0 fully saturated rings. The zero-order chi connectivity index (χ0) is 18.1. The van der Waals surface area contributed by atoms with E-state index in [9.17, 15) is 4.79 Å². The fourth-order valence-corrected chi connectivity index (χ4v) is 4.14. The van der Waals surface area contributed by atoms with Gasteiger partial charge in [-0.1, -0.05) is 52.2 Å². The second kappa shape index (κ2) is 7.12. The smallest absolute Gasteiger partial charge is 0.259 e. The summed E-state index contributed by atoms with van der Waals surface area (Å²) in [6, 6.07) is 8.94. The van der Waals surface area contributed by atoms with Gasteiger partial charge < -0.3 is 0 Å². The maximum atomic E-state index is 12.4. The molecular formula is C18H15Cl2N3OS. The Morgan fingerprint density at radius 1 is 1.04 bits per heavy atom. The van der Waals surface area contributed by atoms with Crippen molar-refractivity contribution in [1.29, 1.82) is 0 Å². The highest BCUT2D eigenvalue weighted by Gasteiger charge is 2.16. The van der Waals surface area contributed by atoms with Crippen molar-refractivity contribution in [2.24, 2.45) is 0 Å². The molecule has 0 saturated heterocycles. The van der Waals surface area contributed by atoms with E-state index in [4.69, 9.17) is 23.2 Å². The van der Waals surface area contributed by atoms with E-state index < -0.39 is 0 Å². The number of amides is 1. The Labute approximate surface area is 159 Å². The molecule has 1 aromatic heterocycles. The molecule has 0 saturated carbocycles. The molecule has 7 heteroatoms. The Morgan fingerprint density at radius 3 is 2.36 bits per heavy atom. The summed E-state index contributed by atoms with van der Waals surface area (Å²) in [5, 5.41) is 13.0. The fourth-order valence-electron chi connectivity index (χ4n) is 2.73. The van der Waals surface area contributed by atoms with Crippen molar-refractivity contribution in [3.8, 4) is 10.6 Å². The quantitative estimate of drug-likeness (QED) is 0.623. The standard InChI is InChI=1S/C18H15Cl2N3OS/c1-9-6-10(2)15(11(3)7-9)17-22-23-18(25-17)21-16(24)13-5-4-12(19)8-14(13)20/h4-8H,1-3H3,(H,21,23,24). The summed E-state index contributed by atoms with van der Waals surface area (Å²) in [5.74, 6) is -0.346. The molecule has 4 nitrogen and oxygen atoms in total. The van der Waals surface area contributed by atoms with Gasteiger partial charge in [-0.25, -0.2) is 0 Å². The van der Waals surface area contributed by atoms with Crippen LogP contribution in [0.1, 0.15) is 27.0 Å². The molecular weight excluding hydrogens is 377 g/mol. The van der Waals surface area contributed by atoms with Crippen molar-refractivity contribution in [3.05, 3.63) is 62.6 Å². The van der Waals surface area contributed by atoms with Crippen molar-refractivity contribution >= 4 is 45.6 Å². The van der Waals surface area contributed by atoms with E-state index in [1.807, 2.05) is 13.8 Å². The van der Waals surface area contributed by atoms with Crippen LogP contribution in [0.4, 0.5) is 5.13 Å². The highest BCUT2D eigenvalue weighted by atomic mass is 35.5. The first-order valence-electron chi connectivity index (χ1n) is 7.53. The van der Waals surface area contributed by atoms with Gasteiger partial charge in [0.1, 0.15) is 5.01 Å². The number of carbonyl (C=O) groups excluding carboxylic acids is 1. The summed E-state index contributed by atoms with van der Waals surface area (Å²) in [6.07, 6.45) is 0. The van der Waals surface area contributed by atoms with Crippen molar-refractivity contribution in [3.63, 3.8) is 0 Å². The average Bonchev–Trinajstić information content (AvgIpc) is 2.94. The number of nitrogens with zero attached hydrogens (tertiary/aromatic N) is 2. The minimum atomic E-state index is -0.346. The first kappa shape index (κ1) is 17.9. The SMILES string of the molecule is Cc1cc(C)c(-c2nnc(NC(=O)c3ccc(Cl)cc3Cl)s2)c(C)c1. The molecule has 0 radical (unpaired) electrons. The lowest BCUT2D eigenvalue weighted by Crippen LogP contribution is -2.12. The highest BCUT2D eigenvalue weighted by Crippen LogP contribution is 2.32. The Bertz CT molecular complexity index is 946. The fraction of sp³-hybridized carbons (Fsp3) is 0.167. The molecule has 0 bridgehead atoms. The summed E-state index contributed by atoms with van der Waals surface area (Å²) < 4.78 is 0. The molecule has 1 amide bonds. The van der Waals surface area contributed by atoms with Crippen molar-refractivity contribution in [2.45, 2.75) is 20.8 Å². The van der Waals surface area contributed by atoms with E-state index in [1.54, 1.807) is 12.1 Å². The zero-order valence-electron chi connectivity index (χ0n) is 13.9. The maximum absolute atomic E-state index is 12.4. The second-order valence-electron chi connectivity index (χ2n) is 5.76. The van der Waals surface area contributed by atoms with Gasteiger partial charge in [-0.15, -0.1) is 10.2 Å². The van der Waals surface area contributed by atoms with Gasteiger partial charge in [0.2, 0.25) is 5.13 Å². The summed E-state index contributed by atoms with van der Waals surface area (Å²) in [4.78, 5) is 12.4. The number of carbonyl (C=O) groups is 1. The monoisotopic (exact) mass is 391 g/mol. The lowest BCUT2D eigenvalue weighted by molar-refractivity contribution is 0.102. The van der Waals surface area contributed by atoms with Crippen LogP contribution in [0.25, 0.3) is 10.6 Å². The minimum absolute atomic E-state index is 0.292. The molecule has 2 aromatic carbocycles. The van der Waals surface area contributed by atoms with Crippen LogP contribution < -0.4 is 5.32 Å². The molecule has 0 unspecified atom stereocenters. The number of nitrogens with one attached hydrogen (secondary N) is 1. The number of rotatable bonds is 3. The van der Waals surface area contributed by atoms with E-state index in [0.29, 0.717) is 20.7 Å². The lowest BCUT2D eigenvalue weighted by Gasteiger charge is -2.07. The predicted molar refractivity (Wildman–Crippen MR) is 104 cm³/mol. The van der Waals surface area contributed by atoms with E-state index in [2.05, 4.69) is 34.6 Å². The van der Waals surface area contributed by atoms with Gasteiger partial charge >= 0.3 is 0 Å². The molecule has 0 atom stereocenters. The number of aromatic nitrogens is 2. The summed E-state index contributed by atoms with van der Waals surface area (Å²) in [7, 11) is 0. The molecule has 3 aromatic rings. The van der Waals surface area contributed by atoms with Crippen LogP contribution in [0, 0.1) is 20.8 Å². The van der Waals surface area contributed by atoms with Crippen LogP contribution >= 0.6 is 34.5 Å². The van der Waals surface area contributed by atoms with E-state index in [-0.39, 0.29) is 5.91 Å². The summed E-state index contributed by atoms with van der Waals surface area (Å²) >= 11 is 13.3. The van der Waals surface area contributed by atoms with Crippen LogP contribution in [0.5, 0.6) is 0 Å². The third-order valence-electron chi connectivity index (χ3n) is 3.71. The molecule has 0 aliphatic carbocycles. The average molecular weight is 392 g/mol. The highest BCUT2D eigenvalue weighted by molar-refractivity contribution is 7.18. The number of hydrogen-bond acceptors (Lipinski definition) is 4. The third kappa shape index (κ3) is 3.84. The van der Waals surface area contributed by atoms with Crippen molar-refractivity contribution in [1.82, 2.24) is 10.2 Å². The van der Waals surface area contributed by atoms with Gasteiger partial charge in [-0.2, -0.15) is 0 Å². The van der Waals surface area contributed by atoms with Crippen molar-refractivity contribution in [2.75, 3.05) is 5.32 Å². The molecule has 0 spiro atoms. The molecule has 1 heterocycles. The van der Waals surface area contributed by atoms with Crippen LogP contribution in [0.2, 0.25) is 10.0 Å². The predicted octanol–water partition coefficient (Wildman–Crippen LogP) is 5.69.